The zero-order valence-electron chi connectivity index (χ0n) is 7.19. The van der Waals surface area contributed by atoms with Crippen LogP contribution >= 0.6 is 0 Å². The summed E-state index contributed by atoms with van der Waals surface area (Å²) < 4.78 is 0. The molecule has 1 N–H and O–H groups in total. The molecule has 0 amide bonds. The van der Waals surface area contributed by atoms with Crippen molar-refractivity contribution in [1.29, 1.82) is 0 Å². The predicted molar refractivity (Wildman–Crippen MR) is 45.0 cm³/mol. The van der Waals surface area contributed by atoms with Crippen LogP contribution in [-0.2, 0) is 0 Å². The smallest absolute Gasteiger partial charge is 0.00180 e. The van der Waals surface area contributed by atoms with E-state index in [0.29, 0.717) is 0 Å². The van der Waals surface area contributed by atoms with Gasteiger partial charge in [-0.2, -0.15) is 0 Å². The van der Waals surface area contributed by atoms with Crippen LogP contribution < -0.4 is 5.32 Å². The van der Waals surface area contributed by atoms with Gasteiger partial charge in [0.25, 0.3) is 0 Å². The van der Waals surface area contributed by atoms with E-state index in [1.165, 1.54) is 32.4 Å². The van der Waals surface area contributed by atoms with E-state index in [1.54, 1.807) is 0 Å². The van der Waals surface area contributed by atoms with Crippen molar-refractivity contribution in [1.82, 2.24) is 5.32 Å². The standard InChI is InChI=1S/C9H19N/c1-3-6-10-7-9-5-4-8(9)2/h8-10H,3-7H2,1-2H3. The van der Waals surface area contributed by atoms with Gasteiger partial charge in [-0.3, -0.25) is 0 Å². The molecule has 1 heteroatoms. The van der Waals surface area contributed by atoms with Crippen molar-refractivity contribution in [3.63, 3.8) is 0 Å². The van der Waals surface area contributed by atoms with Gasteiger partial charge in [0.05, 0.1) is 0 Å². The lowest BCUT2D eigenvalue weighted by Gasteiger charge is -2.33. The van der Waals surface area contributed by atoms with Gasteiger partial charge in [0.1, 0.15) is 0 Å². The molecule has 1 nitrogen and oxygen atoms in total. The molecule has 1 aliphatic rings. The Labute approximate surface area is 64.2 Å². The van der Waals surface area contributed by atoms with Crippen LogP contribution in [-0.4, -0.2) is 13.1 Å². The molecule has 0 aromatic carbocycles. The van der Waals surface area contributed by atoms with Crippen LogP contribution in [0.15, 0.2) is 0 Å². The molecular weight excluding hydrogens is 122 g/mol. The second-order valence-corrected chi connectivity index (χ2v) is 3.52. The highest BCUT2D eigenvalue weighted by atomic mass is 14.9. The molecule has 0 aliphatic heterocycles. The molecule has 0 aromatic rings. The summed E-state index contributed by atoms with van der Waals surface area (Å²) in [5, 5.41) is 3.47. The lowest BCUT2D eigenvalue weighted by Crippen LogP contribution is -2.33. The van der Waals surface area contributed by atoms with Gasteiger partial charge in [0.15, 0.2) is 0 Å². The number of hydrogen-bond donors (Lipinski definition) is 1. The summed E-state index contributed by atoms with van der Waals surface area (Å²) in [7, 11) is 0. The van der Waals surface area contributed by atoms with Gasteiger partial charge in [-0.1, -0.05) is 20.3 Å². The number of rotatable bonds is 4. The maximum atomic E-state index is 3.47. The van der Waals surface area contributed by atoms with Crippen LogP contribution in [0, 0.1) is 11.8 Å². The third-order valence-corrected chi connectivity index (χ3v) is 2.63. The van der Waals surface area contributed by atoms with Crippen molar-refractivity contribution in [2.75, 3.05) is 13.1 Å². The first kappa shape index (κ1) is 8.06. The Balaban J connectivity index is 1.92. The maximum absolute atomic E-state index is 3.47. The van der Waals surface area contributed by atoms with Gasteiger partial charge in [-0.25, -0.2) is 0 Å². The van der Waals surface area contributed by atoms with Crippen LogP contribution in [0.4, 0.5) is 0 Å². The Bertz CT molecular complexity index is 90.7. The molecule has 0 heterocycles. The van der Waals surface area contributed by atoms with Crippen molar-refractivity contribution >= 4 is 0 Å². The predicted octanol–water partition coefficient (Wildman–Crippen LogP) is 2.03. The molecule has 1 aliphatic carbocycles. The minimum absolute atomic E-state index is 0.990. The van der Waals surface area contributed by atoms with Crippen molar-refractivity contribution in [3.05, 3.63) is 0 Å². The van der Waals surface area contributed by atoms with Crippen LogP contribution in [0.1, 0.15) is 33.1 Å². The Hall–Kier alpha value is -0.0400. The highest BCUT2D eigenvalue weighted by Crippen LogP contribution is 2.32. The molecule has 0 saturated heterocycles. The van der Waals surface area contributed by atoms with E-state index in [4.69, 9.17) is 0 Å². The molecule has 1 saturated carbocycles. The maximum Gasteiger partial charge on any atom is -0.00180 e. The molecular formula is C9H19N. The summed E-state index contributed by atoms with van der Waals surface area (Å²) >= 11 is 0. The van der Waals surface area contributed by atoms with Gasteiger partial charge >= 0.3 is 0 Å². The van der Waals surface area contributed by atoms with E-state index in [9.17, 15) is 0 Å². The summed E-state index contributed by atoms with van der Waals surface area (Å²) in [6, 6.07) is 0. The fourth-order valence-electron chi connectivity index (χ4n) is 1.50. The first-order chi connectivity index (χ1) is 4.84. The van der Waals surface area contributed by atoms with Crippen molar-refractivity contribution in [2.24, 2.45) is 11.8 Å². The zero-order valence-corrected chi connectivity index (χ0v) is 7.19. The monoisotopic (exact) mass is 141 g/mol. The normalized spacial score (nSPS) is 31.8. The first-order valence-electron chi connectivity index (χ1n) is 4.55. The fourth-order valence-corrected chi connectivity index (χ4v) is 1.50. The minimum Gasteiger partial charge on any atom is -0.316 e. The fraction of sp³-hybridized carbons (Fsp3) is 1.00. The highest BCUT2D eigenvalue weighted by molar-refractivity contribution is 4.78. The number of hydrogen-bond acceptors (Lipinski definition) is 1. The molecule has 60 valence electrons. The molecule has 1 fully saturated rings. The average molecular weight is 141 g/mol. The van der Waals surface area contributed by atoms with E-state index >= 15 is 0 Å². The minimum atomic E-state index is 0.990. The van der Waals surface area contributed by atoms with Gasteiger partial charge in [0, 0.05) is 0 Å². The summed E-state index contributed by atoms with van der Waals surface area (Å²) in [5.74, 6) is 1.98. The van der Waals surface area contributed by atoms with Crippen molar-refractivity contribution < 1.29 is 0 Å². The van der Waals surface area contributed by atoms with E-state index in [2.05, 4.69) is 19.2 Å². The SMILES string of the molecule is CCCNCC1CCC1C. The van der Waals surface area contributed by atoms with Crippen LogP contribution in [0.2, 0.25) is 0 Å². The van der Waals surface area contributed by atoms with E-state index < -0.39 is 0 Å². The number of nitrogens with one attached hydrogen (secondary N) is 1. The Morgan fingerprint density at radius 2 is 2.20 bits per heavy atom. The zero-order chi connectivity index (χ0) is 7.40. The van der Waals surface area contributed by atoms with E-state index in [1.807, 2.05) is 0 Å². The largest absolute Gasteiger partial charge is 0.316 e. The molecule has 2 unspecified atom stereocenters. The molecule has 0 radical (unpaired) electrons. The van der Waals surface area contributed by atoms with Crippen molar-refractivity contribution in [3.8, 4) is 0 Å². The van der Waals surface area contributed by atoms with Crippen LogP contribution in [0.3, 0.4) is 0 Å². The quantitative estimate of drug-likeness (QED) is 0.591. The second kappa shape index (κ2) is 3.97. The molecule has 0 spiro atoms. The average Bonchev–Trinajstić information content (AvgIpc) is 1.95. The third-order valence-electron chi connectivity index (χ3n) is 2.63. The Kier molecular flexibility index (Phi) is 3.20. The van der Waals surface area contributed by atoms with Gasteiger partial charge < -0.3 is 5.32 Å². The summed E-state index contributed by atoms with van der Waals surface area (Å²) in [5.41, 5.74) is 0. The molecule has 0 aromatic heterocycles. The van der Waals surface area contributed by atoms with Gasteiger partial charge in [-0.05, 0) is 37.8 Å². The lowest BCUT2D eigenvalue weighted by atomic mass is 9.75. The second-order valence-electron chi connectivity index (χ2n) is 3.52. The molecule has 2 atom stereocenters. The van der Waals surface area contributed by atoms with Crippen LogP contribution in [0.25, 0.3) is 0 Å². The third kappa shape index (κ3) is 1.98. The Morgan fingerprint density at radius 1 is 1.40 bits per heavy atom. The lowest BCUT2D eigenvalue weighted by molar-refractivity contribution is 0.191. The molecule has 1 rings (SSSR count). The summed E-state index contributed by atoms with van der Waals surface area (Å²) in [6.07, 6.45) is 4.18. The topological polar surface area (TPSA) is 12.0 Å². The highest BCUT2D eigenvalue weighted by Gasteiger charge is 2.25. The molecule has 10 heavy (non-hydrogen) atoms. The van der Waals surface area contributed by atoms with Crippen molar-refractivity contribution in [2.45, 2.75) is 33.1 Å². The van der Waals surface area contributed by atoms with Crippen LogP contribution in [0.5, 0.6) is 0 Å². The summed E-state index contributed by atoms with van der Waals surface area (Å²) in [4.78, 5) is 0. The van der Waals surface area contributed by atoms with E-state index in [0.717, 1.165) is 11.8 Å². The first-order valence-corrected chi connectivity index (χ1v) is 4.55. The Morgan fingerprint density at radius 3 is 2.60 bits per heavy atom. The van der Waals surface area contributed by atoms with Gasteiger partial charge in [0.2, 0.25) is 0 Å². The van der Waals surface area contributed by atoms with E-state index in [-0.39, 0.29) is 0 Å². The molecule has 0 bridgehead atoms. The van der Waals surface area contributed by atoms with Gasteiger partial charge in [-0.15, -0.1) is 0 Å². The summed E-state index contributed by atoms with van der Waals surface area (Å²) in [6.45, 7) is 7.04.